The summed E-state index contributed by atoms with van der Waals surface area (Å²) in [6.07, 6.45) is 3.03. The number of amides is 3. The highest BCUT2D eigenvalue weighted by Crippen LogP contribution is 2.61. The van der Waals surface area contributed by atoms with Gasteiger partial charge >= 0.3 is 0 Å². The van der Waals surface area contributed by atoms with Gasteiger partial charge in [-0.2, -0.15) is 0 Å². The van der Waals surface area contributed by atoms with E-state index in [2.05, 4.69) is 29.1 Å². The van der Waals surface area contributed by atoms with E-state index in [1.54, 1.807) is 22.0 Å². The predicted octanol–water partition coefficient (Wildman–Crippen LogP) is 5.52. The Labute approximate surface area is 284 Å². The molecule has 3 unspecified atom stereocenters. The number of ether oxygens (including phenoxy) is 1. The van der Waals surface area contributed by atoms with Gasteiger partial charge in [0, 0.05) is 29.3 Å². The van der Waals surface area contributed by atoms with E-state index >= 15 is 4.79 Å². The van der Waals surface area contributed by atoms with Crippen molar-refractivity contribution in [1.29, 1.82) is 0 Å². The van der Waals surface area contributed by atoms with Crippen LogP contribution >= 0.6 is 15.9 Å². The van der Waals surface area contributed by atoms with Gasteiger partial charge in [0.05, 0.1) is 30.6 Å². The van der Waals surface area contributed by atoms with Gasteiger partial charge in [0.15, 0.2) is 0 Å². The van der Waals surface area contributed by atoms with Crippen LogP contribution in [0.2, 0.25) is 0 Å². The molecule has 3 aromatic rings. The van der Waals surface area contributed by atoms with E-state index < -0.39 is 42.2 Å². The fourth-order valence-corrected chi connectivity index (χ4v) is 8.98. The van der Waals surface area contributed by atoms with Gasteiger partial charge in [0.25, 0.3) is 5.91 Å². The second-order valence-corrected chi connectivity index (χ2v) is 13.7. The number of aliphatic hydroxyl groups is 1. The third kappa shape index (κ3) is 5.34. The van der Waals surface area contributed by atoms with Crippen LogP contribution in [0.4, 0.5) is 11.4 Å². The molecule has 1 N–H and O–H groups in total. The van der Waals surface area contributed by atoms with Crippen molar-refractivity contribution in [3.63, 3.8) is 0 Å². The molecule has 9 heteroatoms. The first-order chi connectivity index (χ1) is 22.7. The lowest BCUT2D eigenvalue weighted by Gasteiger charge is -2.40. The molecule has 2 bridgehead atoms. The summed E-state index contributed by atoms with van der Waals surface area (Å²) in [6, 6.07) is 22.4. The molecule has 3 saturated heterocycles. The fraction of sp³-hybridized carbons (Fsp3) is 0.342. The number of nitrogens with zero attached hydrogens (tertiary/aromatic N) is 3. The Morgan fingerprint density at radius 2 is 1.55 bits per heavy atom. The topological polar surface area (TPSA) is 90.4 Å². The predicted molar refractivity (Wildman–Crippen MR) is 186 cm³/mol. The number of carbonyl (C=O) groups excluding carboxylic acids is 3. The third-order valence-corrected chi connectivity index (χ3v) is 10.7. The molecule has 3 heterocycles. The smallest absolute Gasteiger partial charge is 0.253 e. The molecule has 0 aliphatic carbocycles. The molecule has 3 aliphatic rings. The van der Waals surface area contributed by atoms with E-state index in [9.17, 15) is 14.7 Å². The fourth-order valence-electron chi connectivity index (χ4n) is 8.03. The molecule has 6 rings (SSSR count). The van der Waals surface area contributed by atoms with Crippen LogP contribution in [0, 0.1) is 25.7 Å². The molecule has 3 aliphatic heterocycles. The molecule has 3 amide bonds. The second kappa shape index (κ2) is 13.2. The lowest BCUT2D eigenvalue weighted by Crippen LogP contribution is -2.58. The number of anilines is 2. The zero-order chi connectivity index (χ0) is 33.5. The number of carbonyl (C=O) groups is 3. The molecule has 47 heavy (non-hydrogen) atoms. The first-order valence-electron chi connectivity index (χ1n) is 16.0. The van der Waals surface area contributed by atoms with Crippen LogP contribution in [0.25, 0.3) is 0 Å². The van der Waals surface area contributed by atoms with Crippen molar-refractivity contribution in [2.75, 3.05) is 29.5 Å². The van der Waals surface area contributed by atoms with E-state index in [0.29, 0.717) is 17.7 Å². The van der Waals surface area contributed by atoms with Crippen molar-refractivity contribution < 1.29 is 24.2 Å². The van der Waals surface area contributed by atoms with Gasteiger partial charge in [-0.15, -0.1) is 13.2 Å². The van der Waals surface area contributed by atoms with Crippen molar-refractivity contribution >= 4 is 45.0 Å². The number of likely N-dealkylation sites (tertiary alicyclic amines) is 1. The molecule has 0 saturated carbocycles. The van der Waals surface area contributed by atoms with Crippen LogP contribution in [0.3, 0.4) is 0 Å². The maximum Gasteiger partial charge on any atom is 0.253 e. The monoisotopic (exact) mass is 697 g/mol. The molecular formula is C38H40BrN3O5. The lowest BCUT2D eigenvalue weighted by molar-refractivity contribution is -0.144. The largest absolute Gasteiger partial charge is 0.394 e. The molecule has 0 aromatic heterocycles. The van der Waals surface area contributed by atoms with Crippen molar-refractivity contribution in [2.24, 2.45) is 11.8 Å². The number of aliphatic hydroxyl groups excluding tert-OH is 1. The minimum absolute atomic E-state index is 0.198. The van der Waals surface area contributed by atoms with Crippen LogP contribution in [0.1, 0.15) is 29.2 Å². The second-order valence-electron chi connectivity index (χ2n) is 12.6. The molecule has 0 radical (unpaired) electrons. The van der Waals surface area contributed by atoms with E-state index in [0.717, 1.165) is 16.8 Å². The van der Waals surface area contributed by atoms with Crippen LogP contribution in [0.5, 0.6) is 0 Å². The number of para-hydroxylation sites is 2. The summed E-state index contributed by atoms with van der Waals surface area (Å²) < 4.78 is 6.85. The standard InChI is InChI=1S/C38H40BrN3O5/c1-5-20-40(27-18-11-8-12-19-27)35(44)30-31-36(45)42(29(23-43)26-16-9-7-10-17-26)34(38(31)22-28(39)33(30)47-38)37(46)41(21-6-2)32-24(3)14-13-15-25(32)4/h5-19,28-31,33-34,43H,1-2,20-23H2,3-4H3/t28?,29-,30-,31+,33-,34?,38?/m1/s1. The lowest BCUT2D eigenvalue weighted by atomic mass is 9.70. The highest BCUT2D eigenvalue weighted by molar-refractivity contribution is 9.09. The normalized spacial score (nSPS) is 26.5. The Morgan fingerprint density at radius 3 is 2.15 bits per heavy atom. The zero-order valence-electron chi connectivity index (χ0n) is 26.7. The van der Waals surface area contributed by atoms with E-state index in [4.69, 9.17) is 4.74 Å². The summed E-state index contributed by atoms with van der Waals surface area (Å²) in [5.41, 5.74) is 2.59. The summed E-state index contributed by atoms with van der Waals surface area (Å²) >= 11 is 3.80. The molecular weight excluding hydrogens is 658 g/mol. The van der Waals surface area contributed by atoms with Gasteiger partial charge in [-0.1, -0.05) is 94.8 Å². The molecule has 244 valence electrons. The number of hydrogen-bond acceptors (Lipinski definition) is 5. The highest BCUT2D eigenvalue weighted by atomic mass is 79.9. The summed E-state index contributed by atoms with van der Waals surface area (Å²) in [5, 5.41) is 10.9. The van der Waals surface area contributed by atoms with E-state index in [1.807, 2.05) is 92.7 Å². The van der Waals surface area contributed by atoms with Gasteiger partial charge < -0.3 is 24.5 Å². The van der Waals surface area contributed by atoms with Gasteiger partial charge in [-0.3, -0.25) is 14.4 Å². The molecule has 3 aromatic carbocycles. The molecule has 1 spiro atoms. The van der Waals surface area contributed by atoms with Crippen LogP contribution < -0.4 is 9.80 Å². The number of alkyl halides is 1. The van der Waals surface area contributed by atoms with Crippen LogP contribution in [0.15, 0.2) is 104 Å². The van der Waals surface area contributed by atoms with Crippen molar-refractivity contribution in [3.05, 3.63) is 121 Å². The maximum atomic E-state index is 15.2. The van der Waals surface area contributed by atoms with Crippen LogP contribution in [-0.4, -0.2) is 70.0 Å². The van der Waals surface area contributed by atoms with Gasteiger partial charge in [-0.25, -0.2) is 0 Å². The van der Waals surface area contributed by atoms with Crippen molar-refractivity contribution in [2.45, 2.75) is 48.9 Å². The minimum atomic E-state index is -1.32. The molecule has 7 atom stereocenters. The first kappa shape index (κ1) is 32.9. The maximum absolute atomic E-state index is 15.2. The summed E-state index contributed by atoms with van der Waals surface area (Å²) in [5.74, 6) is -2.80. The van der Waals surface area contributed by atoms with Crippen LogP contribution in [-0.2, 0) is 19.1 Å². The Morgan fingerprint density at radius 1 is 0.957 bits per heavy atom. The Hall–Kier alpha value is -4.05. The first-order valence-corrected chi connectivity index (χ1v) is 16.9. The Kier molecular flexibility index (Phi) is 9.25. The number of halogens is 1. The number of rotatable bonds is 11. The average molecular weight is 699 g/mol. The van der Waals surface area contributed by atoms with E-state index in [-0.39, 0.29) is 35.6 Å². The third-order valence-electron chi connectivity index (χ3n) is 9.87. The van der Waals surface area contributed by atoms with Crippen molar-refractivity contribution in [1.82, 2.24) is 4.90 Å². The summed E-state index contributed by atoms with van der Waals surface area (Å²) in [6.45, 7) is 11.7. The van der Waals surface area contributed by atoms with Gasteiger partial charge in [0.2, 0.25) is 11.8 Å². The molecule has 8 nitrogen and oxygen atoms in total. The van der Waals surface area contributed by atoms with Gasteiger partial charge in [0.1, 0.15) is 11.6 Å². The summed E-state index contributed by atoms with van der Waals surface area (Å²) in [4.78, 5) is 49.4. The Balaban J connectivity index is 1.52. The van der Waals surface area contributed by atoms with Crippen molar-refractivity contribution in [3.8, 4) is 0 Å². The summed E-state index contributed by atoms with van der Waals surface area (Å²) in [7, 11) is 0. The average Bonchev–Trinajstić information content (AvgIpc) is 3.67. The highest BCUT2D eigenvalue weighted by Gasteiger charge is 2.77. The number of fused-ring (bicyclic) bond motifs is 1. The SMILES string of the molecule is C=CCN(C(=O)[C@H]1[C@@H]2OC3(CC2Br)C(C(=O)N(CC=C)c2c(C)cccc2C)N([C@H](CO)c2ccccc2)C(=O)[C@H]13)c1ccccc1. The quantitative estimate of drug-likeness (QED) is 0.211. The number of hydrogen-bond donors (Lipinski definition) is 1. The Bertz CT molecular complexity index is 1660. The number of benzene rings is 3. The van der Waals surface area contributed by atoms with Gasteiger partial charge in [-0.05, 0) is 49.1 Å². The minimum Gasteiger partial charge on any atom is -0.394 e. The number of aryl methyl sites for hydroxylation is 2. The van der Waals surface area contributed by atoms with E-state index in [1.165, 1.54) is 4.90 Å². The zero-order valence-corrected chi connectivity index (χ0v) is 28.3. The molecule has 3 fully saturated rings.